The van der Waals surface area contributed by atoms with Gasteiger partial charge in [0, 0.05) is 30.8 Å². The average molecular weight is 385 g/mol. The molecule has 0 bridgehead atoms. The van der Waals surface area contributed by atoms with Gasteiger partial charge in [-0.15, -0.1) is 0 Å². The summed E-state index contributed by atoms with van der Waals surface area (Å²) in [6.07, 6.45) is 0.480. The van der Waals surface area contributed by atoms with Crippen LogP contribution in [0.25, 0.3) is 0 Å². The molecule has 1 heterocycles. The summed E-state index contributed by atoms with van der Waals surface area (Å²) in [5.41, 5.74) is 0. The molecule has 7 nitrogen and oxygen atoms in total. The predicted molar refractivity (Wildman–Crippen MR) is 98.7 cm³/mol. The van der Waals surface area contributed by atoms with Gasteiger partial charge < -0.3 is 19.1 Å². The molecule has 0 aromatic heterocycles. The van der Waals surface area contributed by atoms with Crippen molar-refractivity contribution in [3.8, 4) is 17.2 Å². The highest BCUT2D eigenvalue weighted by Crippen LogP contribution is 2.27. The van der Waals surface area contributed by atoms with Crippen LogP contribution in [0.5, 0.6) is 17.2 Å². The van der Waals surface area contributed by atoms with Gasteiger partial charge in [0.2, 0.25) is 0 Å². The molecule has 26 heavy (non-hydrogen) atoms. The second-order valence-electron chi connectivity index (χ2n) is 6.83. The number of rotatable bonds is 8. The van der Waals surface area contributed by atoms with Gasteiger partial charge >= 0.3 is 0 Å². The van der Waals surface area contributed by atoms with Crippen LogP contribution in [-0.4, -0.2) is 64.1 Å². The summed E-state index contributed by atoms with van der Waals surface area (Å²) >= 11 is 0. The molecule has 0 unspecified atom stereocenters. The summed E-state index contributed by atoms with van der Waals surface area (Å²) in [6, 6.07) is 4.77. The maximum atomic E-state index is 12.7. The monoisotopic (exact) mass is 385 g/mol. The van der Waals surface area contributed by atoms with E-state index in [4.69, 9.17) is 14.2 Å². The number of methoxy groups -OCH3 is 2. The van der Waals surface area contributed by atoms with Gasteiger partial charge in [0.25, 0.3) is 5.91 Å². The Kier molecular flexibility index (Phi) is 6.75. The standard InChI is InChI=1S/C18H27NO6S/c1-13(2)10-19(14-5-6-26(21,22)12-14)18(20)11-25-17-8-15(23-3)7-16(9-17)24-4/h7-9,13-14H,5-6,10-12H2,1-4H3/t14-/m1/s1. The predicted octanol–water partition coefficient (Wildman–Crippen LogP) is 1.75. The molecule has 0 radical (unpaired) electrons. The number of amides is 1. The molecule has 1 aliphatic rings. The normalized spacial score (nSPS) is 18.6. The summed E-state index contributed by atoms with van der Waals surface area (Å²) < 4.78 is 39.6. The molecule has 0 N–H and O–H groups in total. The maximum Gasteiger partial charge on any atom is 0.260 e. The Morgan fingerprint density at radius 2 is 1.73 bits per heavy atom. The van der Waals surface area contributed by atoms with Crippen LogP contribution in [-0.2, 0) is 14.6 Å². The summed E-state index contributed by atoms with van der Waals surface area (Å²) in [7, 11) is 0.00995. The second-order valence-corrected chi connectivity index (χ2v) is 9.06. The lowest BCUT2D eigenvalue weighted by Gasteiger charge is -2.30. The van der Waals surface area contributed by atoms with Crippen molar-refractivity contribution in [1.29, 1.82) is 0 Å². The minimum atomic E-state index is -3.06. The molecule has 0 aliphatic carbocycles. The zero-order valence-corrected chi connectivity index (χ0v) is 16.5. The minimum absolute atomic E-state index is 0.0262. The zero-order chi connectivity index (χ0) is 19.3. The van der Waals surface area contributed by atoms with Crippen LogP contribution in [0, 0.1) is 5.92 Å². The van der Waals surface area contributed by atoms with Gasteiger partial charge in [-0.05, 0) is 12.3 Å². The molecule has 0 spiro atoms. The quantitative estimate of drug-likeness (QED) is 0.678. The maximum absolute atomic E-state index is 12.7. The van der Waals surface area contributed by atoms with Crippen LogP contribution in [0.1, 0.15) is 20.3 Å². The van der Waals surface area contributed by atoms with E-state index in [9.17, 15) is 13.2 Å². The average Bonchev–Trinajstić information content (AvgIpc) is 2.96. The van der Waals surface area contributed by atoms with Gasteiger partial charge in [-0.1, -0.05) is 13.8 Å². The lowest BCUT2D eigenvalue weighted by atomic mass is 10.1. The third-order valence-electron chi connectivity index (χ3n) is 4.22. The van der Waals surface area contributed by atoms with Gasteiger partial charge in [0.15, 0.2) is 16.4 Å². The Morgan fingerprint density at radius 1 is 1.15 bits per heavy atom. The summed E-state index contributed by atoms with van der Waals surface area (Å²) in [6.45, 7) is 4.33. The van der Waals surface area contributed by atoms with Crippen LogP contribution >= 0.6 is 0 Å². The Bertz CT molecular complexity index is 709. The number of hydrogen-bond acceptors (Lipinski definition) is 6. The van der Waals surface area contributed by atoms with Crippen molar-refractivity contribution in [2.45, 2.75) is 26.3 Å². The first kappa shape index (κ1) is 20.4. The fraction of sp³-hybridized carbons (Fsp3) is 0.611. The number of benzene rings is 1. The lowest BCUT2D eigenvalue weighted by molar-refractivity contribution is -0.135. The van der Waals surface area contributed by atoms with E-state index in [0.717, 1.165) is 0 Å². The molecule has 1 aliphatic heterocycles. The summed E-state index contributed by atoms with van der Waals surface area (Å²) in [5, 5.41) is 0. The van der Waals surface area contributed by atoms with Crippen LogP contribution in [0.15, 0.2) is 18.2 Å². The van der Waals surface area contributed by atoms with Crippen LogP contribution in [0.3, 0.4) is 0 Å². The number of carbonyl (C=O) groups excluding carboxylic acids is 1. The highest BCUT2D eigenvalue weighted by atomic mass is 32.2. The number of carbonyl (C=O) groups is 1. The first-order valence-electron chi connectivity index (χ1n) is 8.60. The molecule has 2 rings (SSSR count). The molecular weight excluding hydrogens is 358 g/mol. The highest BCUT2D eigenvalue weighted by Gasteiger charge is 2.34. The fourth-order valence-corrected chi connectivity index (χ4v) is 4.69. The molecule has 146 valence electrons. The zero-order valence-electron chi connectivity index (χ0n) is 15.7. The van der Waals surface area contributed by atoms with E-state index >= 15 is 0 Å². The van der Waals surface area contributed by atoms with E-state index in [-0.39, 0.29) is 36.0 Å². The van der Waals surface area contributed by atoms with E-state index in [1.807, 2.05) is 13.8 Å². The van der Waals surface area contributed by atoms with Crippen molar-refractivity contribution in [2.24, 2.45) is 5.92 Å². The highest BCUT2D eigenvalue weighted by molar-refractivity contribution is 7.91. The Balaban J connectivity index is 2.07. The van der Waals surface area contributed by atoms with Crippen molar-refractivity contribution >= 4 is 15.7 Å². The topological polar surface area (TPSA) is 82.1 Å². The second kappa shape index (κ2) is 8.62. The fourth-order valence-electron chi connectivity index (χ4n) is 2.96. The van der Waals surface area contributed by atoms with Gasteiger partial charge in [0.05, 0.1) is 25.7 Å². The van der Waals surface area contributed by atoms with Gasteiger partial charge in [-0.2, -0.15) is 0 Å². The molecule has 1 aromatic carbocycles. The van der Waals surface area contributed by atoms with Crippen LogP contribution in [0.2, 0.25) is 0 Å². The van der Waals surface area contributed by atoms with E-state index in [0.29, 0.717) is 30.2 Å². The lowest BCUT2D eigenvalue weighted by Crippen LogP contribution is -2.45. The van der Waals surface area contributed by atoms with E-state index in [1.54, 1.807) is 23.1 Å². The largest absolute Gasteiger partial charge is 0.496 e. The molecular formula is C18H27NO6S. The van der Waals surface area contributed by atoms with Crippen LogP contribution in [0.4, 0.5) is 0 Å². The van der Waals surface area contributed by atoms with Crippen molar-refractivity contribution in [2.75, 3.05) is 38.9 Å². The van der Waals surface area contributed by atoms with E-state index in [2.05, 4.69) is 0 Å². The molecule has 1 saturated heterocycles. The Morgan fingerprint density at radius 3 is 2.19 bits per heavy atom. The smallest absolute Gasteiger partial charge is 0.260 e. The van der Waals surface area contributed by atoms with Crippen molar-refractivity contribution in [3.63, 3.8) is 0 Å². The molecule has 1 atom stereocenters. The number of nitrogens with zero attached hydrogens (tertiary/aromatic N) is 1. The van der Waals surface area contributed by atoms with Gasteiger partial charge in [-0.3, -0.25) is 4.79 Å². The summed E-state index contributed by atoms with van der Waals surface area (Å²) in [5.74, 6) is 1.76. The third-order valence-corrected chi connectivity index (χ3v) is 5.97. The van der Waals surface area contributed by atoms with Gasteiger partial charge in [0.1, 0.15) is 17.2 Å². The van der Waals surface area contributed by atoms with Crippen LogP contribution < -0.4 is 14.2 Å². The molecule has 0 saturated carbocycles. The Hall–Kier alpha value is -1.96. The first-order valence-corrected chi connectivity index (χ1v) is 10.4. The molecule has 1 aromatic rings. The molecule has 1 amide bonds. The summed E-state index contributed by atoms with van der Waals surface area (Å²) in [4.78, 5) is 14.3. The minimum Gasteiger partial charge on any atom is -0.496 e. The first-order chi connectivity index (χ1) is 12.2. The SMILES string of the molecule is COc1cc(OC)cc(OCC(=O)N(CC(C)C)[C@@H]2CCS(=O)(=O)C2)c1. The van der Waals surface area contributed by atoms with E-state index in [1.165, 1.54) is 14.2 Å². The van der Waals surface area contributed by atoms with Gasteiger partial charge in [-0.25, -0.2) is 8.42 Å². The number of ether oxygens (including phenoxy) is 3. The van der Waals surface area contributed by atoms with E-state index < -0.39 is 9.84 Å². The number of sulfone groups is 1. The molecule has 1 fully saturated rings. The molecule has 8 heteroatoms. The Labute approximate surface area is 155 Å². The van der Waals surface area contributed by atoms with Crippen molar-refractivity contribution in [1.82, 2.24) is 4.90 Å². The third kappa shape index (κ3) is 5.52. The number of hydrogen-bond donors (Lipinski definition) is 0. The van der Waals surface area contributed by atoms with Crippen molar-refractivity contribution in [3.05, 3.63) is 18.2 Å². The van der Waals surface area contributed by atoms with Crippen molar-refractivity contribution < 1.29 is 27.4 Å².